The number of halogens is 1. The van der Waals surface area contributed by atoms with Gasteiger partial charge < -0.3 is 9.30 Å². The van der Waals surface area contributed by atoms with Crippen LogP contribution < -0.4 is 5.56 Å². The van der Waals surface area contributed by atoms with Gasteiger partial charge in [-0.1, -0.05) is 23.7 Å². The summed E-state index contributed by atoms with van der Waals surface area (Å²) >= 11 is 6.00. The molecule has 0 radical (unpaired) electrons. The Kier molecular flexibility index (Phi) is 6.33. The number of aromatic nitrogens is 4. The Labute approximate surface area is 194 Å². The Hall–Kier alpha value is -4.22. The van der Waals surface area contributed by atoms with Gasteiger partial charge in [0.2, 0.25) is 0 Å². The molecule has 0 fully saturated rings. The second-order valence-electron chi connectivity index (χ2n) is 7.25. The summed E-state index contributed by atoms with van der Waals surface area (Å²) in [7, 11) is 0. The van der Waals surface area contributed by atoms with Crippen molar-refractivity contribution < 1.29 is 9.53 Å². The van der Waals surface area contributed by atoms with Crippen LogP contribution in [0.1, 0.15) is 35.4 Å². The molecule has 0 spiro atoms. The SMILES string of the molecule is CC(=O)OC(c1ccc(-n2cc(Cl)ccc2=O)nc1)c1cncn1Cc1ccc(C#N)cc1. The van der Waals surface area contributed by atoms with E-state index in [1.807, 2.05) is 16.7 Å². The van der Waals surface area contributed by atoms with E-state index < -0.39 is 12.1 Å². The summed E-state index contributed by atoms with van der Waals surface area (Å²) in [6.07, 6.45) is 5.57. The van der Waals surface area contributed by atoms with Gasteiger partial charge in [-0.3, -0.25) is 14.2 Å². The van der Waals surface area contributed by atoms with E-state index in [4.69, 9.17) is 21.6 Å². The number of pyridine rings is 2. The molecule has 4 rings (SSSR count). The molecule has 0 N–H and O–H groups in total. The third-order valence-corrected chi connectivity index (χ3v) is 5.15. The van der Waals surface area contributed by atoms with E-state index in [0.29, 0.717) is 34.2 Å². The first-order valence-corrected chi connectivity index (χ1v) is 10.3. The normalized spacial score (nSPS) is 11.5. The highest BCUT2D eigenvalue weighted by Crippen LogP contribution is 2.27. The van der Waals surface area contributed by atoms with Gasteiger partial charge >= 0.3 is 5.97 Å². The van der Waals surface area contributed by atoms with E-state index >= 15 is 0 Å². The van der Waals surface area contributed by atoms with Gasteiger partial charge in [0.15, 0.2) is 6.10 Å². The summed E-state index contributed by atoms with van der Waals surface area (Å²) < 4.78 is 8.81. The van der Waals surface area contributed by atoms with Crippen LogP contribution in [-0.4, -0.2) is 25.1 Å². The monoisotopic (exact) mass is 459 g/mol. The molecule has 9 heteroatoms. The number of nitrogens with zero attached hydrogens (tertiary/aromatic N) is 5. The number of benzene rings is 1. The Balaban J connectivity index is 1.66. The Morgan fingerprint density at radius 2 is 1.94 bits per heavy atom. The number of imidazole rings is 1. The molecule has 4 aromatic rings. The van der Waals surface area contributed by atoms with E-state index in [0.717, 1.165) is 5.56 Å². The number of carbonyl (C=O) groups excluding carboxylic acids is 1. The molecule has 3 aromatic heterocycles. The summed E-state index contributed by atoms with van der Waals surface area (Å²) in [6.45, 7) is 1.81. The van der Waals surface area contributed by atoms with Crippen LogP contribution in [0.3, 0.4) is 0 Å². The smallest absolute Gasteiger partial charge is 0.303 e. The standard InChI is InChI=1S/C24H18ClN5O3/c1-16(31)33-24(19-6-8-22(28-11-19)30-14-20(25)7-9-23(30)32)21-12-27-15-29(21)13-18-4-2-17(10-26)3-5-18/h2-9,11-12,14-15,24H,13H2,1H3. The maximum Gasteiger partial charge on any atom is 0.303 e. The van der Waals surface area contributed by atoms with E-state index in [1.54, 1.807) is 43.0 Å². The lowest BCUT2D eigenvalue weighted by Gasteiger charge is -2.19. The molecular weight excluding hydrogens is 442 g/mol. The quantitative estimate of drug-likeness (QED) is 0.408. The third kappa shape index (κ3) is 5.00. The molecule has 8 nitrogen and oxygen atoms in total. The third-order valence-electron chi connectivity index (χ3n) is 4.93. The summed E-state index contributed by atoms with van der Waals surface area (Å²) in [5.41, 5.74) is 2.54. The van der Waals surface area contributed by atoms with Crippen molar-refractivity contribution in [2.75, 3.05) is 0 Å². The lowest BCUT2D eigenvalue weighted by atomic mass is 10.1. The number of hydrogen-bond donors (Lipinski definition) is 0. The molecule has 0 bridgehead atoms. The van der Waals surface area contributed by atoms with Gasteiger partial charge in [0, 0.05) is 37.5 Å². The average Bonchev–Trinajstić information content (AvgIpc) is 3.27. The van der Waals surface area contributed by atoms with E-state index in [9.17, 15) is 9.59 Å². The van der Waals surface area contributed by atoms with E-state index in [-0.39, 0.29) is 5.56 Å². The molecule has 1 atom stereocenters. The summed E-state index contributed by atoms with van der Waals surface area (Å²) in [4.78, 5) is 32.6. The molecule has 0 aliphatic rings. The van der Waals surface area contributed by atoms with E-state index in [1.165, 1.54) is 29.8 Å². The largest absolute Gasteiger partial charge is 0.451 e. The molecule has 0 saturated heterocycles. The van der Waals surface area contributed by atoms with Crippen LogP contribution in [0.5, 0.6) is 0 Å². The topological polar surface area (TPSA) is 103 Å². The lowest BCUT2D eigenvalue weighted by molar-refractivity contribution is -0.145. The number of nitriles is 1. The molecule has 33 heavy (non-hydrogen) atoms. The minimum Gasteiger partial charge on any atom is -0.451 e. The van der Waals surface area contributed by atoms with Crippen LogP contribution in [0, 0.1) is 11.3 Å². The van der Waals surface area contributed by atoms with Crippen molar-refractivity contribution in [3.63, 3.8) is 0 Å². The summed E-state index contributed by atoms with van der Waals surface area (Å²) in [5, 5.41) is 9.40. The predicted molar refractivity (Wildman–Crippen MR) is 121 cm³/mol. The number of rotatable bonds is 6. The highest BCUT2D eigenvalue weighted by Gasteiger charge is 2.22. The highest BCUT2D eigenvalue weighted by molar-refractivity contribution is 6.30. The Morgan fingerprint density at radius 3 is 2.61 bits per heavy atom. The van der Waals surface area contributed by atoms with Crippen molar-refractivity contribution in [1.29, 1.82) is 5.26 Å². The first-order chi connectivity index (χ1) is 15.9. The van der Waals surface area contributed by atoms with Crippen molar-refractivity contribution in [2.24, 2.45) is 0 Å². The van der Waals surface area contributed by atoms with Gasteiger partial charge in [0.05, 0.1) is 34.9 Å². The zero-order chi connectivity index (χ0) is 23.4. The second kappa shape index (κ2) is 9.51. The van der Waals surface area contributed by atoms with Crippen LogP contribution in [0.15, 0.2) is 78.2 Å². The molecule has 1 aromatic carbocycles. The predicted octanol–water partition coefficient (Wildman–Crippen LogP) is 3.65. The zero-order valence-corrected chi connectivity index (χ0v) is 18.3. The minimum absolute atomic E-state index is 0.267. The number of hydrogen-bond acceptors (Lipinski definition) is 6. The fraction of sp³-hybridized carbons (Fsp3) is 0.125. The maximum atomic E-state index is 12.1. The highest BCUT2D eigenvalue weighted by atomic mass is 35.5. The van der Waals surface area contributed by atoms with Gasteiger partial charge in [-0.2, -0.15) is 5.26 Å². The number of ether oxygens (including phenoxy) is 1. The molecule has 0 amide bonds. The molecule has 1 unspecified atom stereocenters. The van der Waals surface area contributed by atoms with Crippen LogP contribution in [-0.2, 0) is 16.1 Å². The second-order valence-corrected chi connectivity index (χ2v) is 7.69. The van der Waals surface area contributed by atoms with Crippen LogP contribution in [0.25, 0.3) is 5.82 Å². The van der Waals surface area contributed by atoms with Crippen molar-refractivity contribution in [3.8, 4) is 11.9 Å². The fourth-order valence-corrected chi connectivity index (χ4v) is 3.52. The maximum absolute atomic E-state index is 12.1. The van der Waals surface area contributed by atoms with Gasteiger partial charge in [-0.05, 0) is 35.9 Å². The van der Waals surface area contributed by atoms with Gasteiger partial charge in [-0.25, -0.2) is 9.97 Å². The van der Waals surface area contributed by atoms with Crippen LogP contribution >= 0.6 is 11.6 Å². The first kappa shape index (κ1) is 22.0. The van der Waals surface area contributed by atoms with Gasteiger partial charge in [-0.15, -0.1) is 0 Å². The molecule has 3 heterocycles. The van der Waals surface area contributed by atoms with Crippen molar-refractivity contribution in [2.45, 2.75) is 19.6 Å². The summed E-state index contributed by atoms with van der Waals surface area (Å²) in [6, 6.07) is 15.6. The Morgan fingerprint density at radius 1 is 1.15 bits per heavy atom. The summed E-state index contributed by atoms with van der Waals surface area (Å²) in [5.74, 6) is -0.0693. The first-order valence-electron chi connectivity index (χ1n) is 9.95. The van der Waals surface area contributed by atoms with E-state index in [2.05, 4.69) is 16.0 Å². The minimum atomic E-state index is -0.749. The van der Waals surface area contributed by atoms with Crippen LogP contribution in [0.4, 0.5) is 0 Å². The molecule has 164 valence electrons. The van der Waals surface area contributed by atoms with Crippen molar-refractivity contribution >= 4 is 17.6 Å². The van der Waals surface area contributed by atoms with Crippen molar-refractivity contribution in [3.05, 3.63) is 111 Å². The molecular formula is C24H18ClN5O3. The number of esters is 1. The Bertz CT molecular complexity index is 1390. The zero-order valence-electron chi connectivity index (χ0n) is 17.6. The molecule has 0 aliphatic carbocycles. The number of carbonyl (C=O) groups is 1. The van der Waals surface area contributed by atoms with Crippen LogP contribution in [0.2, 0.25) is 5.02 Å². The fourth-order valence-electron chi connectivity index (χ4n) is 3.36. The lowest BCUT2D eigenvalue weighted by Crippen LogP contribution is -2.18. The molecule has 0 aliphatic heterocycles. The molecule has 0 saturated carbocycles. The van der Waals surface area contributed by atoms with Gasteiger partial charge in [0.1, 0.15) is 5.82 Å². The average molecular weight is 460 g/mol. The van der Waals surface area contributed by atoms with Gasteiger partial charge in [0.25, 0.3) is 5.56 Å². The van der Waals surface area contributed by atoms with Crippen molar-refractivity contribution in [1.82, 2.24) is 19.1 Å².